The van der Waals surface area contributed by atoms with Crippen molar-refractivity contribution in [1.29, 1.82) is 5.26 Å². The maximum absolute atomic E-state index is 12.1. The van der Waals surface area contributed by atoms with Crippen LogP contribution in [0.15, 0.2) is 29.3 Å². The van der Waals surface area contributed by atoms with Gasteiger partial charge in [-0.25, -0.2) is 4.79 Å². The number of amides is 1. The Morgan fingerprint density at radius 1 is 1.25 bits per heavy atom. The Kier molecular flexibility index (Phi) is 6.10. The van der Waals surface area contributed by atoms with Crippen molar-refractivity contribution in [2.75, 3.05) is 19.6 Å². The minimum absolute atomic E-state index is 0.537. The first kappa shape index (κ1) is 18.2. The minimum Gasteiger partial charge on any atom is -0.442 e. The number of benzene rings is 1. The summed E-state index contributed by atoms with van der Waals surface area (Å²) in [4.78, 5) is 18.6. The third kappa shape index (κ3) is 6.13. The zero-order valence-corrected chi connectivity index (χ0v) is 14.7. The normalized spacial score (nSPS) is 16.0. The largest absolute Gasteiger partial charge is 0.442 e. The lowest BCUT2D eigenvalue weighted by Gasteiger charge is -2.19. The van der Waals surface area contributed by atoms with Crippen molar-refractivity contribution in [1.82, 2.24) is 4.90 Å². The van der Waals surface area contributed by atoms with Crippen LogP contribution in [0.1, 0.15) is 44.7 Å². The summed E-state index contributed by atoms with van der Waals surface area (Å²) < 4.78 is 5.32. The van der Waals surface area contributed by atoms with Gasteiger partial charge < -0.3 is 4.74 Å². The molecule has 0 spiro atoms. The van der Waals surface area contributed by atoms with E-state index in [1.54, 1.807) is 12.1 Å². The number of likely N-dealkylation sites (tertiary alicyclic amines) is 1. The summed E-state index contributed by atoms with van der Waals surface area (Å²) in [6.07, 6.45) is 2.43. The molecule has 5 heteroatoms. The molecule has 1 fully saturated rings. The predicted octanol–water partition coefficient (Wildman–Crippen LogP) is 3.57. The lowest BCUT2D eigenvalue weighted by Crippen LogP contribution is -2.30. The van der Waals surface area contributed by atoms with Crippen LogP contribution in [0.25, 0.3) is 0 Å². The molecule has 0 atom stereocenters. The molecule has 0 saturated carbocycles. The third-order valence-corrected chi connectivity index (χ3v) is 3.74. The van der Waals surface area contributed by atoms with E-state index in [1.165, 1.54) is 12.8 Å². The molecule has 0 bridgehead atoms. The van der Waals surface area contributed by atoms with Gasteiger partial charge in [0.25, 0.3) is 0 Å². The highest BCUT2D eigenvalue weighted by Crippen LogP contribution is 2.12. The molecule has 24 heavy (non-hydrogen) atoms. The molecule has 1 amide bonds. The van der Waals surface area contributed by atoms with Crippen molar-refractivity contribution >= 4 is 11.8 Å². The number of ether oxygens (including phenoxy) is 1. The van der Waals surface area contributed by atoms with Gasteiger partial charge in [0.15, 0.2) is 0 Å². The molecule has 128 valence electrons. The second kappa shape index (κ2) is 8.07. The fraction of sp³-hybridized carbons (Fsp3) is 0.526. The van der Waals surface area contributed by atoms with Gasteiger partial charge in [-0.2, -0.15) is 10.3 Å². The fourth-order valence-corrected chi connectivity index (χ4v) is 2.68. The predicted molar refractivity (Wildman–Crippen MR) is 94.2 cm³/mol. The molecule has 1 saturated heterocycles. The Hall–Kier alpha value is -2.19. The molecule has 0 radical (unpaired) electrons. The van der Waals surface area contributed by atoms with Crippen LogP contribution < -0.4 is 0 Å². The number of nitriles is 1. The highest BCUT2D eigenvalue weighted by molar-refractivity contribution is 5.96. The second-order valence-electron chi connectivity index (χ2n) is 7.13. The van der Waals surface area contributed by atoms with Gasteiger partial charge in [-0.05, 0) is 64.4 Å². The zero-order chi connectivity index (χ0) is 17.6. The summed E-state index contributed by atoms with van der Waals surface area (Å²) in [7, 11) is 0. The van der Waals surface area contributed by atoms with Crippen LogP contribution in [-0.4, -0.2) is 41.9 Å². The summed E-state index contributed by atoms with van der Waals surface area (Å²) in [5.74, 6) is 0. The van der Waals surface area contributed by atoms with Crippen molar-refractivity contribution in [2.45, 2.75) is 45.6 Å². The molecule has 1 aromatic rings. The molecule has 1 aliphatic heterocycles. The van der Waals surface area contributed by atoms with Gasteiger partial charge in [-0.15, -0.1) is 0 Å². The van der Waals surface area contributed by atoms with Gasteiger partial charge in [0.2, 0.25) is 0 Å². The standard InChI is InChI=1S/C19H25N3O2/c1-19(2,3)24-18(23)21-17(14-22-10-4-5-11-22)12-15-6-8-16(13-20)9-7-15/h6-9H,4-5,10-12,14H2,1-3H3/b21-17-. The van der Waals surface area contributed by atoms with E-state index in [2.05, 4.69) is 16.0 Å². The molecule has 1 aromatic carbocycles. The number of hydrogen-bond donors (Lipinski definition) is 0. The van der Waals surface area contributed by atoms with Gasteiger partial charge in [0.1, 0.15) is 5.60 Å². The molecule has 0 aromatic heterocycles. The average molecular weight is 327 g/mol. The van der Waals surface area contributed by atoms with Crippen molar-refractivity contribution in [3.63, 3.8) is 0 Å². The van der Waals surface area contributed by atoms with E-state index in [0.717, 1.165) is 24.4 Å². The number of hydrogen-bond acceptors (Lipinski definition) is 4. The molecule has 0 aliphatic carbocycles. The maximum Gasteiger partial charge on any atom is 0.434 e. The Morgan fingerprint density at radius 3 is 2.42 bits per heavy atom. The van der Waals surface area contributed by atoms with E-state index in [9.17, 15) is 4.79 Å². The first-order chi connectivity index (χ1) is 11.4. The van der Waals surface area contributed by atoms with Crippen molar-refractivity contribution in [2.24, 2.45) is 4.99 Å². The first-order valence-corrected chi connectivity index (χ1v) is 8.36. The third-order valence-electron chi connectivity index (χ3n) is 3.74. The number of aliphatic imine (C=N–C) groups is 1. The molecule has 5 nitrogen and oxygen atoms in total. The monoisotopic (exact) mass is 327 g/mol. The van der Waals surface area contributed by atoms with Crippen molar-refractivity contribution < 1.29 is 9.53 Å². The Morgan fingerprint density at radius 2 is 1.88 bits per heavy atom. The zero-order valence-electron chi connectivity index (χ0n) is 14.7. The Labute approximate surface area is 143 Å². The van der Waals surface area contributed by atoms with E-state index >= 15 is 0 Å². The summed E-state index contributed by atoms with van der Waals surface area (Å²) in [5.41, 5.74) is 1.92. The van der Waals surface area contributed by atoms with Crippen LogP contribution in [0.3, 0.4) is 0 Å². The molecular formula is C19H25N3O2. The molecular weight excluding hydrogens is 302 g/mol. The maximum atomic E-state index is 12.1. The van der Waals surface area contributed by atoms with E-state index < -0.39 is 11.7 Å². The quantitative estimate of drug-likeness (QED) is 0.793. The number of carbonyl (C=O) groups excluding carboxylic acids is 1. The lowest BCUT2D eigenvalue weighted by atomic mass is 10.1. The Balaban J connectivity index is 2.11. The van der Waals surface area contributed by atoms with Gasteiger partial charge >= 0.3 is 6.09 Å². The minimum atomic E-state index is -0.548. The van der Waals surface area contributed by atoms with Crippen LogP contribution in [-0.2, 0) is 11.2 Å². The lowest BCUT2D eigenvalue weighted by molar-refractivity contribution is 0.0603. The summed E-state index contributed by atoms with van der Waals surface area (Å²) in [5, 5.41) is 8.89. The molecule has 1 aliphatic rings. The van der Waals surface area contributed by atoms with Crippen molar-refractivity contribution in [3.05, 3.63) is 35.4 Å². The average Bonchev–Trinajstić information content (AvgIpc) is 2.99. The van der Waals surface area contributed by atoms with Gasteiger partial charge in [0, 0.05) is 18.7 Å². The molecule has 0 N–H and O–H groups in total. The van der Waals surface area contributed by atoms with Crippen molar-refractivity contribution in [3.8, 4) is 6.07 Å². The molecule has 0 unspecified atom stereocenters. The Bertz CT molecular complexity index is 630. The smallest absolute Gasteiger partial charge is 0.434 e. The highest BCUT2D eigenvalue weighted by Gasteiger charge is 2.19. The summed E-state index contributed by atoms with van der Waals surface area (Å²) in [6, 6.07) is 9.51. The number of nitrogens with zero attached hydrogens (tertiary/aromatic N) is 3. The van der Waals surface area contributed by atoms with Gasteiger partial charge in [-0.1, -0.05) is 12.1 Å². The highest BCUT2D eigenvalue weighted by atomic mass is 16.6. The fourth-order valence-electron chi connectivity index (χ4n) is 2.68. The van der Waals surface area contributed by atoms with E-state index in [0.29, 0.717) is 18.5 Å². The van der Waals surface area contributed by atoms with E-state index in [1.807, 2.05) is 32.9 Å². The SMILES string of the molecule is CC(C)(C)OC(=O)/N=C(/Cc1ccc(C#N)cc1)CN1CCCC1. The second-order valence-corrected chi connectivity index (χ2v) is 7.13. The van der Waals surface area contributed by atoms with Crippen LogP contribution in [0.5, 0.6) is 0 Å². The first-order valence-electron chi connectivity index (χ1n) is 8.36. The summed E-state index contributed by atoms with van der Waals surface area (Å²) in [6.45, 7) is 8.27. The van der Waals surface area contributed by atoms with Crippen LogP contribution in [0.4, 0.5) is 4.79 Å². The van der Waals surface area contributed by atoms with E-state index in [-0.39, 0.29) is 0 Å². The van der Waals surface area contributed by atoms with Gasteiger partial charge in [-0.3, -0.25) is 4.90 Å². The topological polar surface area (TPSA) is 65.7 Å². The van der Waals surface area contributed by atoms with Crippen LogP contribution in [0, 0.1) is 11.3 Å². The molecule has 2 rings (SSSR count). The molecule has 1 heterocycles. The van der Waals surface area contributed by atoms with Crippen LogP contribution in [0.2, 0.25) is 0 Å². The van der Waals surface area contributed by atoms with E-state index in [4.69, 9.17) is 10.00 Å². The van der Waals surface area contributed by atoms with Gasteiger partial charge in [0.05, 0.1) is 11.6 Å². The summed E-state index contributed by atoms with van der Waals surface area (Å²) >= 11 is 0. The van der Waals surface area contributed by atoms with Crippen LogP contribution >= 0.6 is 0 Å². The number of rotatable bonds is 4. The number of carbonyl (C=O) groups is 1.